The molecule has 164 valence electrons. The van der Waals surface area contributed by atoms with Gasteiger partial charge in [0.2, 0.25) is 0 Å². The van der Waals surface area contributed by atoms with Crippen LogP contribution in [0.5, 0.6) is 0 Å². The molecular formula is C20H24O9S. The number of sulfone groups is 1. The van der Waals surface area contributed by atoms with Crippen LogP contribution in [0.1, 0.15) is 27.2 Å². The lowest BCUT2D eigenvalue weighted by Gasteiger charge is -2.53. The van der Waals surface area contributed by atoms with Crippen molar-refractivity contribution in [2.75, 3.05) is 12.0 Å². The molecule has 10 atom stereocenters. The van der Waals surface area contributed by atoms with E-state index in [1.807, 2.05) is 13.8 Å². The van der Waals surface area contributed by atoms with Crippen LogP contribution in [-0.2, 0) is 38.4 Å². The van der Waals surface area contributed by atoms with Crippen molar-refractivity contribution in [3.05, 3.63) is 11.6 Å². The Morgan fingerprint density at radius 3 is 2.60 bits per heavy atom. The average molecular weight is 440 g/mol. The number of hydrogen-bond acceptors (Lipinski definition) is 9. The van der Waals surface area contributed by atoms with Crippen molar-refractivity contribution in [1.82, 2.24) is 0 Å². The molecule has 1 spiro atoms. The van der Waals surface area contributed by atoms with E-state index in [1.54, 1.807) is 0 Å². The van der Waals surface area contributed by atoms with Crippen LogP contribution in [-0.4, -0.2) is 79.2 Å². The fraction of sp³-hybridized carbons (Fsp3) is 0.800. The molecule has 1 N–H and O–H groups in total. The third-order valence-corrected chi connectivity index (χ3v) is 9.28. The summed E-state index contributed by atoms with van der Waals surface area (Å²) in [5.74, 6) is -1.85. The van der Waals surface area contributed by atoms with E-state index in [4.69, 9.17) is 18.9 Å². The second kappa shape index (κ2) is 4.95. The molecule has 5 fully saturated rings. The van der Waals surface area contributed by atoms with Crippen molar-refractivity contribution < 1.29 is 42.1 Å². The lowest BCUT2D eigenvalue weighted by molar-refractivity contribution is -0.168. The SMILES string of the molecule is CC(O)(CS(C)(=O)=O)C1OC(=O)C=C2C3(C)CC4OC4C4(C)C(=O)OC(C34)C3OC231. The molecule has 0 radical (unpaired) electrons. The summed E-state index contributed by atoms with van der Waals surface area (Å²) in [7, 11) is -3.59. The predicted molar refractivity (Wildman–Crippen MR) is 98.8 cm³/mol. The van der Waals surface area contributed by atoms with Crippen LogP contribution in [0.3, 0.4) is 0 Å². The van der Waals surface area contributed by atoms with Crippen LogP contribution in [0.15, 0.2) is 11.6 Å². The highest BCUT2D eigenvalue weighted by molar-refractivity contribution is 7.90. The van der Waals surface area contributed by atoms with E-state index >= 15 is 0 Å². The standard InChI is InChI=1S/C20H24O9S/c1-17-6-8-13(26-8)19(3)12(17)11(28-16(19)22)14-20(29-14)9(17)5-10(21)27-15(20)18(2,23)7-30(4,24)25/h5,8,11-15,23H,6-7H2,1-4H3. The van der Waals surface area contributed by atoms with E-state index in [0.717, 1.165) is 6.26 Å². The molecule has 0 aromatic rings. The first-order valence-electron chi connectivity index (χ1n) is 10.1. The molecule has 0 amide bonds. The second-order valence-corrected chi connectivity index (χ2v) is 12.6. The minimum atomic E-state index is -3.59. The number of cyclic esters (lactones) is 1. The normalized spacial score (nSPS) is 54.4. The Bertz CT molecular complexity index is 1050. The number of esters is 2. The number of fused-ring (bicyclic) bond motifs is 4. The molecule has 0 bridgehead atoms. The van der Waals surface area contributed by atoms with Crippen LogP contribution < -0.4 is 0 Å². The second-order valence-electron chi connectivity index (χ2n) is 10.5. The van der Waals surface area contributed by atoms with Gasteiger partial charge < -0.3 is 24.1 Å². The van der Waals surface area contributed by atoms with Gasteiger partial charge in [-0.2, -0.15) is 0 Å². The van der Waals surface area contributed by atoms with Gasteiger partial charge in [0.05, 0.1) is 11.9 Å². The fourth-order valence-corrected chi connectivity index (χ4v) is 8.53. The summed E-state index contributed by atoms with van der Waals surface area (Å²) in [6.45, 7) is 5.17. The molecule has 6 rings (SSSR count). The average Bonchev–Trinajstić information content (AvgIpc) is 3.47. The summed E-state index contributed by atoms with van der Waals surface area (Å²) in [5, 5.41) is 11.1. The molecule has 4 heterocycles. The van der Waals surface area contributed by atoms with Crippen LogP contribution in [0.2, 0.25) is 0 Å². The van der Waals surface area contributed by atoms with Crippen LogP contribution in [0.25, 0.3) is 0 Å². The quantitative estimate of drug-likeness (QED) is 0.456. The zero-order valence-electron chi connectivity index (χ0n) is 17.1. The van der Waals surface area contributed by atoms with E-state index < -0.39 is 61.9 Å². The molecule has 9 nitrogen and oxygen atoms in total. The van der Waals surface area contributed by atoms with Gasteiger partial charge in [0.1, 0.15) is 39.2 Å². The Balaban J connectivity index is 1.51. The van der Waals surface area contributed by atoms with Crippen molar-refractivity contribution >= 4 is 21.8 Å². The summed E-state index contributed by atoms with van der Waals surface area (Å²) in [6.07, 6.45) is 0.231. The molecule has 4 aliphatic heterocycles. The van der Waals surface area contributed by atoms with Gasteiger partial charge in [0.15, 0.2) is 11.7 Å². The van der Waals surface area contributed by atoms with Crippen molar-refractivity contribution in [2.45, 2.75) is 68.9 Å². The Kier molecular flexibility index (Phi) is 3.17. The number of hydrogen-bond donors (Lipinski definition) is 1. The molecule has 2 saturated carbocycles. The van der Waals surface area contributed by atoms with Crippen molar-refractivity contribution in [3.63, 3.8) is 0 Å². The zero-order valence-corrected chi connectivity index (χ0v) is 17.9. The van der Waals surface area contributed by atoms with Crippen LogP contribution in [0.4, 0.5) is 0 Å². The van der Waals surface area contributed by atoms with Gasteiger partial charge in [-0.3, -0.25) is 4.79 Å². The van der Waals surface area contributed by atoms with E-state index in [9.17, 15) is 23.1 Å². The smallest absolute Gasteiger partial charge is 0.331 e. The lowest BCUT2D eigenvalue weighted by atomic mass is 9.47. The Labute approximate surface area is 173 Å². The summed E-state index contributed by atoms with van der Waals surface area (Å²) in [5.41, 5.74) is -3.96. The zero-order chi connectivity index (χ0) is 21.6. The van der Waals surface area contributed by atoms with Crippen LogP contribution >= 0.6 is 0 Å². The maximum atomic E-state index is 12.9. The molecule has 10 heteroatoms. The highest BCUT2D eigenvalue weighted by Crippen LogP contribution is 2.75. The molecule has 10 unspecified atom stereocenters. The third kappa shape index (κ3) is 2.02. The van der Waals surface area contributed by atoms with Gasteiger partial charge in [0, 0.05) is 23.7 Å². The van der Waals surface area contributed by atoms with Crippen molar-refractivity contribution in [1.29, 1.82) is 0 Å². The van der Waals surface area contributed by atoms with Gasteiger partial charge in [-0.25, -0.2) is 13.2 Å². The molecule has 0 aromatic heterocycles. The highest BCUT2D eigenvalue weighted by Gasteiger charge is 2.87. The number of aliphatic hydroxyl groups is 1. The van der Waals surface area contributed by atoms with E-state index in [1.165, 1.54) is 13.0 Å². The van der Waals surface area contributed by atoms with Gasteiger partial charge in [-0.1, -0.05) is 6.92 Å². The minimum Gasteiger partial charge on any atom is -0.459 e. The topological polar surface area (TPSA) is 132 Å². The maximum absolute atomic E-state index is 12.9. The first-order valence-corrected chi connectivity index (χ1v) is 12.2. The van der Waals surface area contributed by atoms with Gasteiger partial charge in [0.25, 0.3) is 0 Å². The van der Waals surface area contributed by atoms with Gasteiger partial charge >= 0.3 is 11.9 Å². The molecule has 0 aromatic carbocycles. The minimum absolute atomic E-state index is 0.122. The number of epoxide rings is 2. The number of carbonyl (C=O) groups excluding carboxylic acids is 2. The van der Waals surface area contributed by atoms with E-state index in [2.05, 4.69) is 0 Å². The summed E-state index contributed by atoms with van der Waals surface area (Å²) < 4.78 is 47.2. The molecule has 3 saturated heterocycles. The Morgan fingerprint density at radius 1 is 1.23 bits per heavy atom. The van der Waals surface area contributed by atoms with Crippen LogP contribution in [0, 0.1) is 16.7 Å². The predicted octanol–water partition coefficient (Wildman–Crippen LogP) is -0.490. The van der Waals surface area contributed by atoms with Gasteiger partial charge in [-0.05, 0) is 25.8 Å². The molecule has 2 aliphatic carbocycles. The summed E-state index contributed by atoms with van der Waals surface area (Å²) in [4.78, 5) is 25.5. The first-order chi connectivity index (χ1) is 13.7. The summed E-state index contributed by atoms with van der Waals surface area (Å²) in [6, 6.07) is 0. The number of rotatable bonds is 3. The third-order valence-electron chi connectivity index (χ3n) is 8.17. The Morgan fingerprint density at radius 2 is 1.93 bits per heavy atom. The van der Waals surface area contributed by atoms with Crippen molar-refractivity contribution in [3.8, 4) is 0 Å². The van der Waals surface area contributed by atoms with E-state index in [-0.39, 0.29) is 24.1 Å². The fourth-order valence-electron chi connectivity index (χ4n) is 7.32. The van der Waals surface area contributed by atoms with Gasteiger partial charge in [-0.15, -0.1) is 0 Å². The molecule has 6 aliphatic rings. The largest absolute Gasteiger partial charge is 0.459 e. The lowest BCUT2D eigenvalue weighted by Crippen LogP contribution is -2.65. The Hall–Kier alpha value is -1.49. The highest BCUT2D eigenvalue weighted by atomic mass is 32.2. The summed E-state index contributed by atoms with van der Waals surface area (Å²) >= 11 is 0. The van der Waals surface area contributed by atoms with Crippen molar-refractivity contribution in [2.24, 2.45) is 16.7 Å². The molecular weight excluding hydrogens is 416 g/mol. The number of carbonyl (C=O) groups is 2. The number of ether oxygens (including phenoxy) is 4. The molecule has 30 heavy (non-hydrogen) atoms. The first kappa shape index (κ1) is 19.2. The van der Waals surface area contributed by atoms with E-state index in [0.29, 0.717) is 12.0 Å². The monoisotopic (exact) mass is 440 g/mol. The maximum Gasteiger partial charge on any atom is 0.331 e.